The number of aryl methyl sites for hydroxylation is 2. The Morgan fingerprint density at radius 3 is 2.61 bits per heavy atom. The van der Waals surface area contributed by atoms with E-state index in [1.54, 1.807) is 7.11 Å². The fourth-order valence-corrected chi connectivity index (χ4v) is 2.29. The van der Waals surface area contributed by atoms with Gasteiger partial charge >= 0.3 is 0 Å². The second-order valence-corrected chi connectivity index (χ2v) is 4.58. The Labute approximate surface area is 108 Å². The van der Waals surface area contributed by atoms with E-state index in [2.05, 4.69) is 42.9 Å². The third-order valence-electron chi connectivity index (χ3n) is 3.15. The Hall–Kier alpha value is -1.74. The van der Waals surface area contributed by atoms with E-state index in [4.69, 9.17) is 10.5 Å². The summed E-state index contributed by atoms with van der Waals surface area (Å²) in [6, 6.07) is 8.36. The van der Waals surface area contributed by atoms with E-state index >= 15 is 0 Å². The lowest BCUT2D eigenvalue weighted by Crippen LogP contribution is -2.05. The van der Waals surface area contributed by atoms with Crippen molar-refractivity contribution in [1.29, 1.82) is 0 Å². The van der Waals surface area contributed by atoms with Crippen molar-refractivity contribution in [3.8, 4) is 17.0 Å². The number of methoxy groups -OCH3 is 1. The van der Waals surface area contributed by atoms with Crippen LogP contribution in [0.1, 0.15) is 11.1 Å². The molecule has 0 spiro atoms. The fourth-order valence-electron chi connectivity index (χ4n) is 2.29. The maximum absolute atomic E-state index is 5.68. The first kappa shape index (κ1) is 12.7. The van der Waals surface area contributed by atoms with E-state index in [-0.39, 0.29) is 0 Å². The van der Waals surface area contributed by atoms with Crippen molar-refractivity contribution < 1.29 is 4.74 Å². The molecule has 96 valence electrons. The lowest BCUT2D eigenvalue weighted by Gasteiger charge is -2.12. The molecule has 1 aromatic carbocycles. The number of hydrogen-bond donors (Lipinski definition) is 1. The first-order chi connectivity index (χ1) is 8.65. The van der Waals surface area contributed by atoms with Crippen molar-refractivity contribution in [2.75, 3.05) is 13.7 Å². The van der Waals surface area contributed by atoms with Crippen molar-refractivity contribution in [2.24, 2.45) is 12.8 Å². The van der Waals surface area contributed by atoms with Gasteiger partial charge in [-0.2, -0.15) is 0 Å². The van der Waals surface area contributed by atoms with Crippen molar-refractivity contribution in [2.45, 2.75) is 13.3 Å². The zero-order valence-electron chi connectivity index (χ0n) is 11.2. The standard InChI is InChI=1S/C15H20N2O/c1-11-8-15(17(2)10-11)14-9-13(18-3)5-4-12(14)6-7-16/h4-5,8-10H,6-7,16H2,1-3H3. The number of ether oxygens (including phenoxy) is 1. The van der Waals surface area contributed by atoms with E-state index in [9.17, 15) is 0 Å². The Bertz CT molecular complexity index is 543. The fraction of sp³-hybridized carbons (Fsp3) is 0.333. The van der Waals surface area contributed by atoms with Gasteiger partial charge in [-0.05, 0) is 49.2 Å². The molecule has 0 saturated carbocycles. The van der Waals surface area contributed by atoms with Crippen LogP contribution in [0.15, 0.2) is 30.5 Å². The number of hydrogen-bond acceptors (Lipinski definition) is 2. The summed E-state index contributed by atoms with van der Waals surface area (Å²) in [5.74, 6) is 0.879. The van der Waals surface area contributed by atoms with Crippen LogP contribution in [-0.2, 0) is 13.5 Å². The number of benzene rings is 1. The maximum Gasteiger partial charge on any atom is 0.119 e. The lowest BCUT2D eigenvalue weighted by atomic mass is 10.0. The van der Waals surface area contributed by atoms with Gasteiger partial charge in [0.15, 0.2) is 0 Å². The smallest absolute Gasteiger partial charge is 0.119 e. The molecule has 0 radical (unpaired) electrons. The molecule has 2 rings (SSSR count). The molecule has 0 aliphatic carbocycles. The molecule has 1 aromatic heterocycles. The zero-order chi connectivity index (χ0) is 13.1. The molecule has 0 unspecified atom stereocenters. The Kier molecular flexibility index (Phi) is 3.72. The van der Waals surface area contributed by atoms with Crippen molar-refractivity contribution in [3.05, 3.63) is 41.6 Å². The van der Waals surface area contributed by atoms with E-state index in [1.165, 1.54) is 22.4 Å². The van der Waals surface area contributed by atoms with Crippen LogP contribution in [0.5, 0.6) is 5.75 Å². The predicted octanol–water partition coefficient (Wildman–Crippen LogP) is 2.51. The van der Waals surface area contributed by atoms with E-state index in [1.807, 2.05) is 6.07 Å². The zero-order valence-corrected chi connectivity index (χ0v) is 11.2. The van der Waals surface area contributed by atoms with Gasteiger partial charge in [0, 0.05) is 24.5 Å². The second kappa shape index (κ2) is 5.27. The van der Waals surface area contributed by atoms with Crippen molar-refractivity contribution >= 4 is 0 Å². The average molecular weight is 244 g/mol. The highest BCUT2D eigenvalue weighted by molar-refractivity contribution is 5.67. The molecule has 2 N–H and O–H groups in total. The molecular weight excluding hydrogens is 224 g/mol. The molecule has 0 bridgehead atoms. The molecule has 0 aliphatic rings. The summed E-state index contributed by atoms with van der Waals surface area (Å²) >= 11 is 0. The summed E-state index contributed by atoms with van der Waals surface area (Å²) in [5.41, 5.74) is 10.6. The van der Waals surface area contributed by atoms with Crippen LogP contribution < -0.4 is 10.5 Å². The quantitative estimate of drug-likeness (QED) is 0.897. The third-order valence-corrected chi connectivity index (χ3v) is 3.15. The minimum atomic E-state index is 0.655. The third kappa shape index (κ3) is 2.41. The van der Waals surface area contributed by atoms with Gasteiger partial charge in [-0.25, -0.2) is 0 Å². The van der Waals surface area contributed by atoms with Gasteiger partial charge in [-0.3, -0.25) is 0 Å². The minimum absolute atomic E-state index is 0.655. The van der Waals surface area contributed by atoms with E-state index in [0.717, 1.165) is 12.2 Å². The maximum atomic E-state index is 5.68. The first-order valence-electron chi connectivity index (χ1n) is 6.16. The summed E-state index contributed by atoms with van der Waals surface area (Å²) in [6.07, 6.45) is 3.00. The molecule has 3 heteroatoms. The van der Waals surface area contributed by atoms with E-state index in [0.29, 0.717) is 6.54 Å². The highest BCUT2D eigenvalue weighted by atomic mass is 16.5. The topological polar surface area (TPSA) is 40.2 Å². The first-order valence-corrected chi connectivity index (χ1v) is 6.16. The highest BCUT2D eigenvalue weighted by Gasteiger charge is 2.10. The summed E-state index contributed by atoms with van der Waals surface area (Å²) in [4.78, 5) is 0. The van der Waals surface area contributed by atoms with Gasteiger partial charge in [-0.1, -0.05) is 6.07 Å². The number of nitrogens with two attached hydrogens (primary N) is 1. The minimum Gasteiger partial charge on any atom is -0.497 e. The van der Waals surface area contributed by atoms with Gasteiger partial charge in [0.2, 0.25) is 0 Å². The molecule has 0 saturated heterocycles. The van der Waals surface area contributed by atoms with Crippen molar-refractivity contribution in [1.82, 2.24) is 4.57 Å². The van der Waals surface area contributed by atoms with Gasteiger partial charge in [0.25, 0.3) is 0 Å². The van der Waals surface area contributed by atoms with Crippen LogP contribution in [0.3, 0.4) is 0 Å². The average Bonchev–Trinajstić information content (AvgIpc) is 2.69. The Morgan fingerprint density at radius 1 is 1.28 bits per heavy atom. The van der Waals surface area contributed by atoms with Crippen LogP contribution >= 0.6 is 0 Å². The SMILES string of the molecule is COc1ccc(CCN)c(-c2cc(C)cn2C)c1. The Balaban J connectivity index is 2.55. The van der Waals surface area contributed by atoms with Crippen LogP contribution in [0.2, 0.25) is 0 Å². The van der Waals surface area contributed by atoms with Crippen LogP contribution in [0, 0.1) is 6.92 Å². The van der Waals surface area contributed by atoms with Gasteiger partial charge in [0.05, 0.1) is 7.11 Å². The number of aromatic nitrogens is 1. The highest BCUT2D eigenvalue weighted by Crippen LogP contribution is 2.29. The normalized spacial score (nSPS) is 10.7. The molecule has 0 fully saturated rings. The summed E-state index contributed by atoms with van der Waals surface area (Å²) in [6.45, 7) is 2.76. The molecule has 2 aromatic rings. The second-order valence-electron chi connectivity index (χ2n) is 4.58. The number of nitrogens with zero attached hydrogens (tertiary/aromatic N) is 1. The number of rotatable bonds is 4. The predicted molar refractivity (Wildman–Crippen MR) is 74.9 cm³/mol. The Morgan fingerprint density at radius 2 is 2.06 bits per heavy atom. The molecule has 1 heterocycles. The molecular formula is C15H20N2O. The molecule has 0 atom stereocenters. The summed E-state index contributed by atoms with van der Waals surface area (Å²) < 4.78 is 7.46. The molecule has 0 aliphatic heterocycles. The van der Waals surface area contributed by atoms with Crippen LogP contribution in [-0.4, -0.2) is 18.2 Å². The van der Waals surface area contributed by atoms with Gasteiger partial charge < -0.3 is 15.0 Å². The van der Waals surface area contributed by atoms with Crippen LogP contribution in [0.25, 0.3) is 11.3 Å². The van der Waals surface area contributed by atoms with Crippen molar-refractivity contribution in [3.63, 3.8) is 0 Å². The van der Waals surface area contributed by atoms with Gasteiger partial charge in [0.1, 0.15) is 5.75 Å². The van der Waals surface area contributed by atoms with E-state index < -0.39 is 0 Å². The van der Waals surface area contributed by atoms with Crippen LogP contribution in [0.4, 0.5) is 0 Å². The molecule has 18 heavy (non-hydrogen) atoms. The molecule has 0 amide bonds. The van der Waals surface area contributed by atoms with Gasteiger partial charge in [-0.15, -0.1) is 0 Å². The largest absolute Gasteiger partial charge is 0.497 e. The monoisotopic (exact) mass is 244 g/mol. The summed E-state index contributed by atoms with van der Waals surface area (Å²) in [5, 5.41) is 0. The summed E-state index contributed by atoms with van der Waals surface area (Å²) in [7, 11) is 3.76. The lowest BCUT2D eigenvalue weighted by molar-refractivity contribution is 0.415. The molecule has 3 nitrogen and oxygen atoms in total.